The molecule has 0 aromatic heterocycles. The molecule has 0 aliphatic heterocycles. The fourth-order valence-electron chi connectivity index (χ4n) is 1.83. The monoisotopic (exact) mass is 370 g/mol. The van der Waals surface area contributed by atoms with E-state index in [1.165, 1.54) is 5.56 Å². The highest BCUT2D eigenvalue weighted by Crippen LogP contribution is 2.05. The first-order valence-corrected chi connectivity index (χ1v) is 9.25. The average Bonchev–Trinajstić information content (AvgIpc) is 2.66. The maximum absolute atomic E-state index is 10.4. The molecular weight excluding hydrogens is 344 g/mol. The summed E-state index contributed by atoms with van der Waals surface area (Å²) in [6.45, 7) is 3.98. The Kier molecular flexibility index (Phi) is 9.75. The van der Waals surface area contributed by atoms with Gasteiger partial charge in [0.2, 0.25) is 0 Å². The molecule has 0 aliphatic carbocycles. The molecule has 0 radical (unpaired) electrons. The summed E-state index contributed by atoms with van der Waals surface area (Å²) in [5, 5.41) is 3.03. The topological polar surface area (TPSA) is 75.3 Å². The predicted molar refractivity (Wildman–Crippen MR) is 112 cm³/mol. The van der Waals surface area contributed by atoms with Gasteiger partial charge in [-0.1, -0.05) is 53.6 Å². The van der Waals surface area contributed by atoms with Crippen molar-refractivity contribution in [2.45, 2.75) is 18.7 Å². The Hall–Kier alpha value is -2.63. The smallest absolute Gasteiger partial charge is 0.186 e. The van der Waals surface area contributed by atoms with Gasteiger partial charge in [0.25, 0.3) is 0 Å². The number of nitrogens with one attached hydrogen (secondary N) is 1. The van der Waals surface area contributed by atoms with Crippen LogP contribution in [0.4, 0.5) is 11.4 Å². The zero-order valence-corrected chi connectivity index (χ0v) is 16.2. The summed E-state index contributed by atoms with van der Waals surface area (Å²) in [5.41, 5.74) is 9.76. The number of nitrogen functional groups attached to an aromatic ring is 1. The quantitative estimate of drug-likeness (QED) is 0.444. The summed E-state index contributed by atoms with van der Waals surface area (Å²) in [6, 6.07) is 24.8. The van der Waals surface area contributed by atoms with Crippen LogP contribution in [0.5, 0.6) is 0 Å². The third-order valence-corrected chi connectivity index (χ3v) is 4.04. The summed E-state index contributed by atoms with van der Waals surface area (Å²) in [7, 11) is 1.91. The number of anilines is 2. The molecular formula is C21H26N2O2S. The second-order valence-corrected chi connectivity index (χ2v) is 6.56. The highest BCUT2D eigenvalue weighted by Gasteiger charge is 1.95. The number of benzene rings is 3. The molecule has 3 aromatic carbocycles. The zero-order chi connectivity index (χ0) is 19.4. The first-order valence-electron chi connectivity index (χ1n) is 8.15. The minimum absolute atomic E-state index is 0.450. The van der Waals surface area contributed by atoms with Crippen molar-refractivity contribution >= 4 is 22.5 Å². The normalized spacial score (nSPS) is 10.5. The molecule has 0 fully saturated rings. The lowest BCUT2D eigenvalue weighted by molar-refractivity contribution is 0.564. The standard InChI is InChI=1S/2C7H9N.C7H8O2S/c1-6-2-4-7(8)5-3-6;1-8-7-5-3-2-4-6-7;1-6-2-4-7(5-3-6)10(8)9/h2-5H,8H2,1H3;2-6,8H,1H3;2-5H,1H3,(H,8,9). The van der Waals surface area contributed by atoms with Crippen molar-refractivity contribution in [2.24, 2.45) is 0 Å². The molecule has 4 nitrogen and oxygen atoms in total. The Bertz CT molecular complexity index is 752. The molecule has 0 amide bonds. The van der Waals surface area contributed by atoms with E-state index < -0.39 is 11.1 Å². The highest BCUT2D eigenvalue weighted by atomic mass is 32.2. The Labute approximate surface area is 158 Å². The molecule has 0 spiro atoms. The van der Waals surface area contributed by atoms with Gasteiger partial charge in [-0.2, -0.15) is 0 Å². The van der Waals surface area contributed by atoms with Gasteiger partial charge in [0.1, 0.15) is 0 Å². The van der Waals surface area contributed by atoms with Crippen LogP contribution in [0.1, 0.15) is 11.1 Å². The molecule has 0 aliphatic rings. The van der Waals surface area contributed by atoms with Crippen molar-refractivity contribution in [3.05, 3.63) is 90.0 Å². The van der Waals surface area contributed by atoms with Crippen LogP contribution in [0.15, 0.2) is 83.8 Å². The highest BCUT2D eigenvalue weighted by molar-refractivity contribution is 7.79. The summed E-state index contributed by atoms with van der Waals surface area (Å²) in [6.07, 6.45) is 0. The fourth-order valence-corrected chi connectivity index (χ4v) is 2.19. The first-order chi connectivity index (χ1) is 12.4. The molecule has 4 N–H and O–H groups in total. The molecule has 0 saturated carbocycles. The molecule has 26 heavy (non-hydrogen) atoms. The third kappa shape index (κ3) is 9.01. The number of hydrogen-bond donors (Lipinski definition) is 3. The maximum atomic E-state index is 10.4. The van der Waals surface area contributed by atoms with Crippen molar-refractivity contribution in [1.82, 2.24) is 0 Å². The van der Waals surface area contributed by atoms with Gasteiger partial charge in [-0.25, -0.2) is 4.21 Å². The Balaban J connectivity index is 0.000000197. The van der Waals surface area contributed by atoms with Crippen molar-refractivity contribution in [3.63, 3.8) is 0 Å². The van der Waals surface area contributed by atoms with Gasteiger partial charge in [0.15, 0.2) is 11.1 Å². The first kappa shape index (κ1) is 21.4. The Morgan fingerprint density at radius 2 is 1.27 bits per heavy atom. The van der Waals surface area contributed by atoms with Gasteiger partial charge in [-0.15, -0.1) is 0 Å². The SMILES string of the molecule is CNc1ccccc1.Cc1ccc(N)cc1.Cc1ccc(S(=O)O)cc1. The molecule has 3 rings (SSSR count). The fraction of sp³-hybridized carbons (Fsp3) is 0.143. The number of nitrogens with two attached hydrogens (primary N) is 1. The van der Waals surface area contributed by atoms with Crippen LogP contribution < -0.4 is 11.1 Å². The largest absolute Gasteiger partial charge is 0.399 e. The van der Waals surface area contributed by atoms with E-state index in [4.69, 9.17) is 10.3 Å². The molecule has 0 saturated heterocycles. The Morgan fingerprint density at radius 1 is 0.808 bits per heavy atom. The minimum atomic E-state index is -1.84. The van der Waals surface area contributed by atoms with Crippen LogP contribution in [-0.4, -0.2) is 15.8 Å². The van der Waals surface area contributed by atoms with Crippen LogP contribution in [0.3, 0.4) is 0 Å². The van der Waals surface area contributed by atoms with Gasteiger partial charge < -0.3 is 15.6 Å². The summed E-state index contributed by atoms with van der Waals surface area (Å²) >= 11 is -1.84. The number of aryl methyl sites for hydroxylation is 2. The van der Waals surface area contributed by atoms with Crippen LogP contribution in [0.2, 0.25) is 0 Å². The molecule has 1 unspecified atom stereocenters. The van der Waals surface area contributed by atoms with Crippen LogP contribution in [-0.2, 0) is 11.1 Å². The van der Waals surface area contributed by atoms with E-state index in [2.05, 4.69) is 5.32 Å². The second kappa shape index (κ2) is 11.8. The average molecular weight is 371 g/mol. The predicted octanol–water partition coefficient (Wildman–Crippen LogP) is 4.88. The molecule has 0 heterocycles. The number of hydrogen-bond acceptors (Lipinski definition) is 3. The second-order valence-electron chi connectivity index (χ2n) is 5.59. The summed E-state index contributed by atoms with van der Waals surface area (Å²) in [5.74, 6) is 0. The molecule has 1 atom stereocenters. The van der Waals surface area contributed by atoms with E-state index >= 15 is 0 Å². The van der Waals surface area contributed by atoms with E-state index in [9.17, 15) is 4.21 Å². The van der Waals surface area contributed by atoms with Crippen molar-refractivity contribution in [1.29, 1.82) is 0 Å². The summed E-state index contributed by atoms with van der Waals surface area (Å²) in [4.78, 5) is 0.450. The number of rotatable bonds is 2. The minimum Gasteiger partial charge on any atom is -0.399 e. The maximum Gasteiger partial charge on any atom is 0.186 e. The molecule has 138 valence electrons. The van der Waals surface area contributed by atoms with E-state index in [0.717, 1.165) is 16.9 Å². The van der Waals surface area contributed by atoms with Crippen molar-refractivity contribution < 1.29 is 8.76 Å². The molecule has 0 bridgehead atoms. The van der Waals surface area contributed by atoms with E-state index in [1.807, 2.05) is 87.6 Å². The molecule has 3 aromatic rings. The van der Waals surface area contributed by atoms with E-state index in [0.29, 0.717) is 4.90 Å². The lowest BCUT2D eigenvalue weighted by Crippen LogP contribution is -1.86. The van der Waals surface area contributed by atoms with Crippen LogP contribution in [0.25, 0.3) is 0 Å². The van der Waals surface area contributed by atoms with Crippen LogP contribution in [0, 0.1) is 13.8 Å². The lowest BCUT2D eigenvalue weighted by atomic mass is 10.2. The van der Waals surface area contributed by atoms with Crippen molar-refractivity contribution in [2.75, 3.05) is 18.1 Å². The summed E-state index contributed by atoms with van der Waals surface area (Å²) < 4.78 is 19.0. The van der Waals surface area contributed by atoms with Crippen molar-refractivity contribution in [3.8, 4) is 0 Å². The lowest BCUT2D eigenvalue weighted by Gasteiger charge is -1.94. The van der Waals surface area contributed by atoms with Gasteiger partial charge in [-0.05, 0) is 50.2 Å². The molecule has 5 heteroatoms. The van der Waals surface area contributed by atoms with Gasteiger partial charge in [0, 0.05) is 18.4 Å². The van der Waals surface area contributed by atoms with E-state index in [1.54, 1.807) is 12.1 Å². The van der Waals surface area contributed by atoms with E-state index in [-0.39, 0.29) is 0 Å². The third-order valence-electron chi connectivity index (χ3n) is 3.36. The Morgan fingerprint density at radius 3 is 1.62 bits per heavy atom. The zero-order valence-electron chi connectivity index (χ0n) is 15.3. The van der Waals surface area contributed by atoms with Gasteiger partial charge in [0.05, 0.1) is 4.90 Å². The van der Waals surface area contributed by atoms with Gasteiger partial charge >= 0.3 is 0 Å². The number of para-hydroxylation sites is 1. The van der Waals surface area contributed by atoms with Gasteiger partial charge in [-0.3, -0.25) is 0 Å². The van der Waals surface area contributed by atoms with Crippen LogP contribution >= 0.6 is 0 Å².